The molecule has 1 aliphatic heterocycles. The molecule has 1 unspecified atom stereocenters. The van der Waals surface area contributed by atoms with Crippen LogP contribution in [0.2, 0.25) is 0 Å². The van der Waals surface area contributed by atoms with Crippen molar-refractivity contribution in [2.75, 3.05) is 11.4 Å². The minimum absolute atomic E-state index is 0.207. The van der Waals surface area contributed by atoms with Gasteiger partial charge < -0.3 is 10.0 Å². The highest BCUT2D eigenvalue weighted by Crippen LogP contribution is 2.44. The molecule has 28 heavy (non-hydrogen) atoms. The fourth-order valence-electron chi connectivity index (χ4n) is 4.25. The zero-order valence-corrected chi connectivity index (χ0v) is 18.8. The lowest BCUT2D eigenvalue weighted by Crippen LogP contribution is -2.42. The molecule has 148 valence electrons. The number of amides is 1. The van der Waals surface area contributed by atoms with Gasteiger partial charge in [-0.05, 0) is 87.6 Å². The Labute approximate surface area is 174 Å². The van der Waals surface area contributed by atoms with Crippen molar-refractivity contribution in [2.45, 2.75) is 53.6 Å². The predicted octanol–water partition coefficient (Wildman–Crippen LogP) is 4.82. The molecule has 0 spiro atoms. The van der Waals surface area contributed by atoms with Gasteiger partial charge in [-0.2, -0.15) is 0 Å². The van der Waals surface area contributed by atoms with E-state index in [0.29, 0.717) is 23.4 Å². The number of carbonyl (C=O) groups is 2. The van der Waals surface area contributed by atoms with E-state index in [0.717, 1.165) is 26.7 Å². The van der Waals surface area contributed by atoms with Crippen molar-refractivity contribution in [1.82, 2.24) is 0 Å². The van der Waals surface area contributed by atoms with E-state index in [1.165, 1.54) is 5.56 Å². The minimum atomic E-state index is -1.85. The van der Waals surface area contributed by atoms with Crippen LogP contribution >= 0.6 is 15.9 Å². The summed E-state index contributed by atoms with van der Waals surface area (Å²) in [7, 11) is 0. The summed E-state index contributed by atoms with van der Waals surface area (Å²) < 4.78 is 0.761. The maximum atomic E-state index is 13.4. The average Bonchev–Trinajstić information content (AvgIpc) is 2.85. The summed E-state index contributed by atoms with van der Waals surface area (Å²) in [6.45, 7) is 12.2. The second-order valence-corrected chi connectivity index (χ2v) is 8.59. The molecule has 0 radical (unpaired) electrons. The number of halogens is 1. The Morgan fingerprint density at radius 3 is 2.11 bits per heavy atom. The summed E-state index contributed by atoms with van der Waals surface area (Å²) in [6, 6.07) is 5.38. The molecule has 0 aromatic heterocycles. The van der Waals surface area contributed by atoms with E-state index in [1.54, 1.807) is 17.0 Å². The van der Waals surface area contributed by atoms with Crippen molar-refractivity contribution in [3.8, 4) is 0 Å². The van der Waals surface area contributed by atoms with Crippen LogP contribution in [0.1, 0.15) is 57.1 Å². The van der Waals surface area contributed by atoms with Crippen LogP contribution in [0.5, 0.6) is 0 Å². The normalized spacial score (nSPS) is 18.6. The van der Waals surface area contributed by atoms with E-state index < -0.39 is 11.5 Å². The fourth-order valence-corrected chi connectivity index (χ4v) is 4.61. The van der Waals surface area contributed by atoms with E-state index in [9.17, 15) is 14.7 Å². The van der Waals surface area contributed by atoms with Gasteiger partial charge in [0.15, 0.2) is 11.4 Å². The first-order valence-electron chi connectivity index (χ1n) is 9.49. The molecule has 0 fully saturated rings. The van der Waals surface area contributed by atoms with Gasteiger partial charge in [-0.1, -0.05) is 15.9 Å². The number of carbonyl (C=O) groups excluding carboxylic acids is 2. The van der Waals surface area contributed by atoms with E-state index in [4.69, 9.17) is 0 Å². The van der Waals surface area contributed by atoms with Crippen LogP contribution in [0.4, 0.5) is 5.69 Å². The van der Waals surface area contributed by atoms with Crippen molar-refractivity contribution in [1.29, 1.82) is 0 Å². The molecule has 1 N–H and O–H groups in total. The second kappa shape index (κ2) is 7.12. The monoisotopic (exact) mass is 443 g/mol. The van der Waals surface area contributed by atoms with Crippen LogP contribution in [-0.2, 0) is 10.4 Å². The Kier molecular flexibility index (Phi) is 5.28. The third kappa shape index (κ3) is 2.92. The van der Waals surface area contributed by atoms with Gasteiger partial charge in [-0.15, -0.1) is 0 Å². The summed E-state index contributed by atoms with van der Waals surface area (Å²) in [6.07, 6.45) is -0.268. The molecule has 0 saturated heterocycles. The number of rotatable bonds is 4. The summed E-state index contributed by atoms with van der Waals surface area (Å²) >= 11 is 3.41. The predicted molar refractivity (Wildman–Crippen MR) is 115 cm³/mol. The molecule has 0 saturated carbocycles. The van der Waals surface area contributed by atoms with Crippen LogP contribution in [0.15, 0.2) is 22.7 Å². The lowest BCUT2D eigenvalue weighted by atomic mass is 9.82. The van der Waals surface area contributed by atoms with Gasteiger partial charge in [0, 0.05) is 22.1 Å². The average molecular weight is 444 g/mol. The topological polar surface area (TPSA) is 57.6 Å². The highest BCUT2D eigenvalue weighted by molar-refractivity contribution is 9.10. The fraction of sp³-hybridized carbons (Fsp3) is 0.391. The van der Waals surface area contributed by atoms with Gasteiger partial charge >= 0.3 is 0 Å². The molecule has 5 heteroatoms. The smallest absolute Gasteiger partial charge is 0.264 e. The number of hydrogen-bond acceptors (Lipinski definition) is 3. The van der Waals surface area contributed by atoms with Crippen LogP contribution < -0.4 is 4.90 Å². The van der Waals surface area contributed by atoms with Gasteiger partial charge in [-0.3, -0.25) is 9.59 Å². The number of hydrogen-bond donors (Lipinski definition) is 1. The second-order valence-electron chi connectivity index (χ2n) is 7.67. The number of aliphatic hydroxyl groups is 1. The molecule has 0 aliphatic carbocycles. The summed E-state index contributed by atoms with van der Waals surface area (Å²) in [4.78, 5) is 28.0. The number of anilines is 1. The molecule has 4 nitrogen and oxygen atoms in total. The van der Waals surface area contributed by atoms with Gasteiger partial charge in [0.25, 0.3) is 5.91 Å². The summed E-state index contributed by atoms with van der Waals surface area (Å²) in [5.74, 6) is -0.645. The van der Waals surface area contributed by atoms with Crippen LogP contribution in [0, 0.1) is 34.6 Å². The molecule has 3 rings (SSSR count). The van der Waals surface area contributed by atoms with E-state index in [2.05, 4.69) is 22.9 Å². The van der Waals surface area contributed by atoms with E-state index >= 15 is 0 Å². The zero-order chi connectivity index (χ0) is 21.0. The Morgan fingerprint density at radius 2 is 1.57 bits per heavy atom. The molecule has 2 aromatic rings. The van der Waals surface area contributed by atoms with E-state index in [1.807, 2.05) is 40.7 Å². The Bertz CT molecular complexity index is 982. The third-order valence-corrected chi connectivity index (χ3v) is 6.80. The van der Waals surface area contributed by atoms with Crippen LogP contribution in [0.25, 0.3) is 0 Å². The maximum absolute atomic E-state index is 13.4. The maximum Gasteiger partial charge on any atom is 0.264 e. The summed E-state index contributed by atoms with van der Waals surface area (Å²) in [5, 5.41) is 11.4. The van der Waals surface area contributed by atoms with Gasteiger partial charge in [-0.25, -0.2) is 0 Å². The lowest BCUT2D eigenvalue weighted by Gasteiger charge is -2.24. The minimum Gasteiger partial charge on any atom is -0.375 e. The lowest BCUT2D eigenvalue weighted by molar-refractivity contribution is -0.135. The Balaban J connectivity index is 2.11. The van der Waals surface area contributed by atoms with Crippen molar-refractivity contribution < 1.29 is 14.7 Å². The van der Waals surface area contributed by atoms with Crippen molar-refractivity contribution in [3.63, 3.8) is 0 Å². The van der Waals surface area contributed by atoms with Crippen molar-refractivity contribution in [3.05, 3.63) is 61.6 Å². The Hall–Kier alpha value is -1.98. The SMILES string of the molecule is CCN1C(=O)C(O)(CC(=O)c2c(C)c(C)c(C)c(C)c2C)c2cc(Br)ccc21. The molecule has 0 bridgehead atoms. The highest BCUT2D eigenvalue weighted by Gasteiger charge is 2.50. The van der Waals surface area contributed by atoms with Crippen LogP contribution in [-0.4, -0.2) is 23.3 Å². The summed E-state index contributed by atoms with van der Waals surface area (Å²) in [5.41, 5.74) is 5.08. The molecule has 1 atom stereocenters. The molecule has 2 aromatic carbocycles. The van der Waals surface area contributed by atoms with Gasteiger partial charge in [0.05, 0.1) is 12.1 Å². The van der Waals surface area contributed by atoms with E-state index in [-0.39, 0.29) is 12.2 Å². The largest absolute Gasteiger partial charge is 0.375 e. The number of Topliss-reactive ketones (excluding diaryl/α,β-unsaturated/α-hetero) is 1. The molecule has 1 heterocycles. The molecular formula is C23H26BrNO3. The first-order chi connectivity index (χ1) is 13.0. The quantitative estimate of drug-likeness (QED) is 0.689. The van der Waals surface area contributed by atoms with Crippen LogP contribution in [0.3, 0.4) is 0 Å². The first-order valence-corrected chi connectivity index (χ1v) is 10.3. The number of nitrogens with zero attached hydrogens (tertiary/aromatic N) is 1. The number of ketones is 1. The molecule has 1 amide bonds. The molecule has 1 aliphatic rings. The number of benzene rings is 2. The molecular weight excluding hydrogens is 418 g/mol. The number of fused-ring (bicyclic) bond motifs is 1. The highest BCUT2D eigenvalue weighted by atomic mass is 79.9. The first kappa shape index (κ1) is 20.7. The zero-order valence-electron chi connectivity index (χ0n) is 17.2. The Morgan fingerprint density at radius 1 is 1.04 bits per heavy atom. The van der Waals surface area contributed by atoms with Crippen molar-refractivity contribution in [2.24, 2.45) is 0 Å². The van der Waals surface area contributed by atoms with Gasteiger partial charge in [0.2, 0.25) is 0 Å². The standard InChI is InChI=1S/C23H26BrNO3/c1-7-25-19-9-8-17(24)10-18(19)23(28,22(25)27)11-20(26)21-15(5)13(3)12(2)14(4)16(21)6/h8-10,28H,7,11H2,1-6H3. The third-order valence-electron chi connectivity index (χ3n) is 6.31. The van der Waals surface area contributed by atoms with Crippen molar-refractivity contribution >= 4 is 33.3 Å². The van der Waals surface area contributed by atoms with Gasteiger partial charge in [0.1, 0.15) is 0 Å². The number of likely N-dealkylation sites (N-methyl/N-ethyl adjacent to an activating group) is 1.